The van der Waals surface area contributed by atoms with Crippen molar-refractivity contribution in [2.45, 2.75) is 6.61 Å². The molecule has 152 valence electrons. The fraction of sp³-hybridized carbons (Fsp3) is 0.0870. The lowest BCUT2D eigenvalue weighted by Crippen LogP contribution is -2.37. The highest BCUT2D eigenvalue weighted by Gasteiger charge is 2.16. The monoisotopic (exact) mass is 404 g/mol. The quantitative estimate of drug-likeness (QED) is 0.444. The van der Waals surface area contributed by atoms with E-state index in [0.717, 1.165) is 5.56 Å². The normalized spacial score (nSPS) is 10.9. The van der Waals surface area contributed by atoms with Gasteiger partial charge in [0.25, 0.3) is 11.8 Å². The Labute approximate surface area is 173 Å². The van der Waals surface area contributed by atoms with E-state index < -0.39 is 17.8 Å². The summed E-state index contributed by atoms with van der Waals surface area (Å²) >= 11 is 0. The summed E-state index contributed by atoms with van der Waals surface area (Å²) in [7, 11) is 0. The zero-order valence-corrected chi connectivity index (χ0v) is 16.0. The molecule has 0 atom stereocenters. The number of nitrogens with one attached hydrogen (secondary N) is 2. The summed E-state index contributed by atoms with van der Waals surface area (Å²) in [6.07, 6.45) is 2.83. The molecule has 0 saturated carbocycles. The van der Waals surface area contributed by atoms with Gasteiger partial charge in [-0.2, -0.15) is 0 Å². The van der Waals surface area contributed by atoms with E-state index >= 15 is 0 Å². The number of furan rings is 1. The van der Waals surface area contributed by atoms with Crippen molar-refractivity contribution in [2.75, 3.05) is 6.54 Å². The van der Waals surface area contributed by atoms with Crippen LogP contribution in [0.15, 0.2) is 89.2 Å². The Hall–Kier alpha value is -4.13. The van der Waals surface area contributed by atoms with Gasteiger partial charge in [0.05, 0.1) is 6.26 Å². The van der Waals surface area contributed by atoms with E-state index in [0.29, 0.717) is 11.3 Å². The SMILES string of the molecule is O=C(CNC(=O)C(=Cc1ccco1)NC(=O)c1ccccc1)OCc1ccccc1. The Balaban J connectivity index is 1.60. The molecular weight excluding hydrogens is 384 g/mol. The Kier molecular flexibility index (Phi) is 7.16. The van der Waals surface area contributed by atoms with Crippen molar-refractivity contribution < 1.29 is 23.5 Å². The second-order valence-electron chi connectivity index (χ2n) is 6.22. The number of carbonyl (C=O) groups excluding carboxylic acids is 3. The molecule has 0 saturated heterocycles. The highest BCUT2D eigenvalue weighted by atomic mass is 16.5. The molecule has 7 heteroatoms. The van der Waals surface area contributed by atoms with Gasteiger partial charge in [0.2, 0.25) is 0 Å². The maximum Gasteiger partial charge on any atom is 0.325 e. The Morgan fingerprint density at radius 1 is 0.900 bits per heavy atom. The largest absolute Gasteiger partial charge is 0.465 e. The van der Waals surface area contributed by atoms with Crippen LogP contribution in [0.1, 0.15) is 21.7 Å². The molecule has 3 rings (SSSR count). The van der Waals surface area contributed by atoms with Crippen molar-refractivity contribution in [3.8, 4) is 0 Å². The lowest BCUT2D eigenvalue weighted by atomic mass is 10.2. The fourth-order valence-corrected chi connectivity index (χ4v) is 2.49. The van der Waals surface area contributed by atoms with E-state index in [1.807, 2.05) is 30.3 Å². The first-order valence-electron chi connectivity index (χ1n) is 9.21. The molecule has 30 heavy (non-hydrogen) atoms. The van der Waals surface area contributed by atoms with E-state index in [9.17, 15) is 14.4 Å². The molecule has 2 amide bonds. The third-order valence-electron chi connectivity index (χ3n) is 3.99. The number of hydrogen-bond donors (Lipinski definition) is 2. The minimum Gasteiger partial charge on any atom is -0.465 e. The molecule has 7 nitrogen and oxygen atoms in total. The van der Waals surface area contributed by atoms with E-state index in [1.54, 1.807) is 42.5 Å². The van der Waals surface area contributed by atoms with E-state index in [-0.39, 0.29) is 18.8 Å². The summed E-state index contributed by atoms with van der Waals surface area (Å²) in [6, 6.07) is 20.9. The van der Waals surface area contributed by atoms with Crippen LogP contribution >= 0.6 is 0 Å². The van der Waals surface area contributed by atoms with Crippen LogP contribution in [0.25, 0.3) is 6.08 Å². The molecule has 2 N–H and O–H groups in total. The van der Waals surface area contributed by atoms with Gasteiger partial charge in [-0.05, 0) is 29.8 Å². The van der Waals surface area contributed by atoms with Crippen LogP contribution in [-0.4, -0.2) is 24.3 Å². The zero-order valence-electron chi connectivity index (χ0n) is 16.0. The van der Waals surface area contributed by atoms with Gasteiger partial charge in [-0.3, -0.25) is 14.4 Å². The first-order chi connectivity index (χ1) is 14.6. The van der Waals surface area contributed by atoms with Crippen LogP contribution in [0.4, 0.5) is 0 Å². The van der Waals surface area contributed by atoms with Crippen molar-refractivity contribution in [2.24, 2.45) is 0 Å². The maximum absolute atomic E-state index is 12.6. The molecule has 0 fully saturated rings. The molecule has 0 bridgehead atoms. The van der Waals surface area contributed by atoms with Crippen molar-refractivity contribution in [3.05, 3.63) is 102 Å². The van der Waals surface area contributed by atoms with Gasteiger partial charge < -0.3 is 19.8 Å². The van der Waals surface area contributed by atoms with Gasteiger partial charge in [0.1, 0.15) is 24.6 Å². The number of amides is 2. The molecule has 1 aromatic heterocycles. The minimum absolute atomic E-state index is 0.0605. The minimum atomic E-state index is -0.646. The molecule has 0 aliphatic carbocycles. The second kappa shape index (κ2) is 10.4. The van der Waals surface area contributed by atoms with Crippen LogP contribution < -0.4 is 10.6 Å². The lowest BCUT2D eigenvalue weighted by Gasteiger charge is -2.11. The van der Waals surface area contributed by atoms with Crippen LogP contribution in [-0.2, 0) is 20.9 Å². The topological polar surface area (TPSA) is 97.6 Å². The van der Waals surface area contributed by atoms with Gasteiger partial charge in [0, 0.05) is 11.6 Å². The first-order valence-corrected chi connectivity index (χ1v) is 9.21. The van der Waals surface area contributed by atoms with Crippen molar-refractivity contribution in [1.82, 2.24) is 10.6 Å². The molecule has 0 radical (unpaired) electrons. The molecule has 2 aromatic carbocycles. The molecule has 0 aliphatic heterocycles. The van der Waals surface area contributed by atoms with Crippen LogP contribution in [0.2, 0.25) is 0 Å². The number of ether oxygens (including phenoxy) is 1. The highest BCUT2D eigenvalue weighted by Crippen LogP contribution is 2.08. The Morgan fingerprint density at radius 3 is 2.27 bits per heavy atom. The highest BCUT2D eigenvalue weighted by molar-refractivity contribution is 6.05. The number of carbonyl (C=O) groups is 3. The summed E-state index contributed by atoms with van der Waals surface area (Å²) in [4.78, 5) is 36.9. The molecule has 0 spiro atoms. The average Bonchev–Trinajstić information content (AvgIpc) is 3.30. The summed E-state index contributed by atoms with van der Waals surface area (Å²) in [5.74, 6) is -1.33. The molecule has 0 aliphatic rings. The van der Waals surface area contributed by atoms with E-state index in [2.05, 4.69) is 10.6 Å². The number of benzene rings is 2. The number of esters is 1. The van der Waals surface area contributed by atoms with Crippen molar-refractivity contribution in [3.63, 3.8) is 0 Å². The van der Waals surface area contributed by atoms with Gasteiger partial charge in [-0.25, -0.2) is 0 Å². The number of hydrogen-bond acceptors (Lipinski definition) is 5. The fourth-order valence-electron chi connectivity index (χ4n) is 2.49. The maximum atomic E-state index is 12.6. The van der Waals surface area contributed by atoms with E-state index in [1.165, 1.54) is 12.3 Å². The third-order valence-corrected chi connectivity index (χ3v) is 3.99. The smallest absolute Gasteiger partial charge is 0.325 e. The molecular formula is C23H20N2O5. The summed E-state index contributed by atoms with van der Waals surface area (Å²) < 4.78 is 10.4. The van der Waals surface area contributed by atoms with Crippen molar-refractivity contribution in [1.29, 1.82) is 0 Å². The first kappa shape index (κ1) is 20.6. The van der Waals surface area contributed by atoms with E-state index in [4.69, 9.17) is 9.15 Å². The van der Waals surface area contributed by atoms with Gasteiger partial charge in [-0.1, -0.05) is 48.5 Å². The summed E-state index contributed by atoms with van der Waals surface area (Å²) in [5.41, 5.74) is 1.17. The zero-order chi connectivity index (χ0) is 21.2. The third kappa shape index (κ3) is 6.20. The summed E-state index contributed by atoms with van der Waals surface area (Å²) in [6.45, 7) is -0.238. The Bertz CT molecular complexity index is 1010. The number of rotatable bonds is 8. The second-order valence-corrected chi connectivity index (χ2v) is 6.22. The summed E-state index contributed by atoms with van der Waals surface area (Å²) in [5, 5.41) is 5.00. The van der Waals surface area contributed by atoms with Crippen LogP contribution in [0.3, 0.4) is 0 Å². The molecule has 0 unspecified atom stereocenters. The molecule has 1 heterocycles. The predicted molar refractivity (Wildman–Crippen MR) is 110 cm³/mol. The predicted octanol–water partition coefficient (Wildman–Crippen LogP) is 2.91. The van der Waals surface area contributed by atoms with Crippen LogP contribution in [0.5, 0.6) is 0 Å². The van der Waals surface area contributed by atoms with Gasteiger partial charge in [0.15, 0.2) is 0 Å². The van der Waals surface area contributed by atoms with Crippen LogP contribution in [0, 0.1) is 0 Å². The average molecular weight is 404 g/mol. The lowest BCUT2D eigenvalue weighted by molar-refractivity contribution is -0.144. The van der Waals surface area contributed by atoms with Crippen molar-refractivity contribution >= 4 is 23.9 Å². The van der Waals surface area contributed by atoms with Gasteiger partial charge in [-0.15, -0.1) is 0 Å². The Morgan fingerprint density at radius 2 is 1.60 bits per heavy atom. The standard InChI is InChI=1S/C23H20N2O5/c26-21(30-16-17-8-3-1-4-9-17)15-24-23(28)20(14-19-12-7-13-29-19)25-22(27)18-10-5-2-6-11-18/h1-14H,15-16H2,(H,24,28)(H,25,27). The molecule has 3 aromatic rings. The van der Waals surface area contributed by atoms with Gasteiger partial charge >= 0.3 is 5.97 Å².